The zero-order valence-corrected chi connectivity index (χ0v) is 14.0. The molecule has 0 radical (unpaired) electrons. The highest BCUT2D eigenvalue weighted by Crippen LogP contribution is 2.29. The zero-order chi connectivity index (χ0) is 16.9. The lowest BCUT2D eigenvalue weighted by molar-refractivity contribution is -0.0508. The van der Waals surface area contributed by atoms with Gasteiger partial charge in [-0.1, -0.05) is 6.07 Å². The minimum absolute atomic E-state index is 0.204. The molecule has 7 heteroatoms. The van der Waals surface area contributed by atoms with Gasteiger partial charge in [-0.05, 0) is 12.5 Å². The van der Waals surface area contributed by atoms with Crippen molar-refractivity contribution >= 4 is 0 Å². The Morgan fingerprint density at radius 1 is 1.25 bits per heavy atom. The Kier molecular flexibility index (Phi) is 5.86. The lowest BCUT2D eigenvalue weighted by Gasteiger charge is -2.32. The van der Waals surface area contributed by atoms with Crippen LogP contribution in [0.5, 0.6) is 11.5 Å². The molecule has 0 aliphatic carbocycles. The number of methoxy groups -OCH3 is 1. The van der Waals surface area contributed by atoms with Gasteiger partial charge in [0.05, 0.1) is 7.11 Å². The first-order valence-electron chi connectivity index (χ1n) is 8.44. The summed E-state index contributed by atoms with van der Waals surface area (Å²) in [5.74, 6) is 0.726. The maximum Gasteiger partial charge on any atom is 0.387 e. The van der Waals surface area contributed by atoms with Crippen molar-refractivity contribution in [1.29, 1.82) is 0 Å². The number of likely N-dealkylation sites (tertiary alicyclic amines) is 1. The van der Waals surface area contributed by atoms with E-state index in [-0.39, 0.29) is 5.75 Å². The van der Waals surface area contributed by atoms with Crippen LogP contribution in [0.4, 0.5) is 8.78 Å². The predicted octanol–water partition coefficient (Wildman–Crippen LogP) is 1.78. The van der Waals surface area contributed by atoms with Gasteiger partial charge in [-0.2, -0.15) is 8.78 Å². The van der Waals surface area contributed by atoms with E-state index in [0.29, 0.717) is 18.3 Å². The van der Waals surface area contributed by atoms with E-state index < -0.39 is 6.61 Å². The Morgan fingerprint density at radius 3 is 2.75 bits per heavy atom. The average Bonchev–Trinajstić information content (AvgIpc) is 3.05. The molecular weight excluding hydrogens is 316 g/mol. The van der Waals surface area contributed by atoms with E-state index in [4.69, 9.17) is 4.74 Å². The number of nitrogens with zero attached hydrogens (tertiary/aromatic N) is 2. The molecule has 1 atom stereocenters. The number of halogens is 2. The van der Waals surface area contributed by atoms with Crippen molar-refractivity contribution in [3.8, 4) is 11.5 Å². The van der Waals surface area contributed by atoms with Crippen LogP contribution in [0.2, 0.25) is 0 Å². The van der Waals surface area contributed by atoms with Crippen molar-refractivity contribution < 1.29 is 18.3 Å². The minimum Gasteiger partial charge on any atom is -0.497 e. The normalized spacial score (nSPS) is 22.9. The van der Waals surface area contributed by atoms with Crippen LogP contribution in [-0.4, -0.2) is 68.8 Å². The molecule has 2 saturated heterocycles. The van der Waals surface area contributed by atoms with Gasteiger partial charge >= 0.3 is 6.61 Å². The summed E-state index contributed by atoms with van der Waals surface area (Å²) >= 11 is 0. The number of hydrogen-bond donors (Lipinski definition) is 1. The summed E-state index contributed by atoms with van der Waals surface area (Å²) < 4.78 is 35.1. The number of piperazine rings is 1. The maximum absolute atomic E-state index is 12.7. The summed E-state index contributed by atoms with van der Waals surface area (Å²) in [5, 5.41) is 3.37. The molecule has 5 nitrogen and oxygen atoms in total. The largest absolute Gasteiger partial charge is 0.497 e. The van der Waals surface area contributed by atoms with E-state index in [1.54, 1.807) is 6.07 Å². The lowest BCUT2D eigenvalue weighted by Crippen LogP contribution is -2.49. The summed E-state index contributed by atoms with van der Waals surface area (Å²) in [6, 6.07) is 5.70. The van der Waals surface area contributed by atoms with Crippen LogP contribution in [0, 0.1) is 0 Å². The molecular formula is C17H25F2N3O2. The van der Waals surface area contributed by atoms with Crippen LogP contribution < -0.4 is 14.8 Å². The molecule has 2 heterocycles. The summed E-state index contributed by atoms with van der Waals surface area (Å²) in [4.78, 5) is 4.84. The molecule has 3 rings (SSSR count). The number of rotatable bonds is 6. The molecule has 1 aromatic carbocycles. The summed E-state index contributed by atoms with van der Waals surface area (Å²) in [6.45, 7) is 4.00. The van der Waals surface area contributed by atoms with Gasteiger partial charge in [0.25, 0.3) is 0 Å². The standard InChI is InChI=1S/C17H25F2N3O2/c1-23-15-3-2-13(16(10-15)24-17(18)19)11-21-7-4-14(12-21)22-8-5-20-6-9-22/h2-3,10,14,17,20H,4-9,11-12H2,1H3. The van der Waals surface area contributed by atoms with Crippen LogP contribution >= 0.6 is 0 Å². The summed E-state index contributed by atoms with van der Waals surface area (Å²) in [7, 11) is 1.51. The van der Waals surface area contributed by atoms with Gasteiger partial charge in [0, 0.05) is 63.5 Å². The number of alkyl halides is 2. The third-order valence-electron chi connectivity index (χ3n) is 4.80. The topological polar surface area (TPSA) is 37.0 Å². The third-order valence-corrected chi connectivity index (χ3v) is 4.80. The van der Waals surface area contributed by atoms with Crippen molar-refractivity contribution in [2.24, 2.45) is 0 Å². The van der Waals surface area contributed by atoms with Crippen molar-refractivity contribution in [3.63, 3.8) is 0 Å². The summed E-state index contributed by atoms with van der Waals surface area (Å²) in [6.07, 6.45) is 1.13. The van der Waals surface area contributed by atoms with E-state index in [2.05, 4.69) is 19.9 Å². The SMILES string of the molecule is COc1ccc(CN2CCC(N3CCNCC3)C2)c(OC(F)F)c1. The highest BCUT2D eigenvalue weighted by molar-refractivity contribution is 5.40. The Morgan fingerprint density at radius 2 is 2.04 bits per heavy atom. The lowest BCUT2D eigenvalue weighted by atomic mass is 10.1. The van der Waals surface area contributed by atoms with Gasteiger partial charge in [-0.3, -0.25) is 9.80 Å². The van der Waals surface area contributed by atoms with Crippen LogP contribution in [-0.2, 0) is 6.54 Å². The Bertz CT molecular complexity index is 539. The average molecular weight is 341 g/mol. The van der Waals surface area contributed by atoms with Gasteiger partial charge in [-0.25, -0.2) is 0 Å². The molecule has 0 amide bonds. The van der Waals surface area contributed by atoms with Crippen LogP contribution in [0.25, 0.3) is 0 Å². The molecule has 0 aromatic heterocycles. The first-order valence-corrected chi connectivity index (χ1v) is 8.44. The summed E-state index contributed by atoms with van der Waals surface area (Å²) in [5.41, 5.74) is 0.775. The fourth-order valence-corrected chi connectivity index (χ4v) is 3.54. The highest BCUT2D eigenvalue weighted by Gasteiger charge is 2.29. The highest BCUT2D eigenvalue weighted by atomic mass is 19.3. The molecule has 0 saturated carbocycles. The predicted molar refractivity (Wildman–Crippen MR) is 87.8 cm³/mol. The fraction of sp³-hybridized carbons (Fsp3) is 0.647. The second kappa shape index (κ2) is 8.09. The van der Waals surface area contributed by atoms with E-state index >= 15 is 0 Å². The van der Waals surface area contributed by atoms with Crippen LogP contribution in [0.1, 0.15) is 12.0 Å². The fourth-order valence-electron chi connectivity index (χ4n) is 3.54. The Hall–Kier alpha value is -1.44. The van der Waals surface area contributed by atoms with E-state index in [9.17, 15) is 8.78 Å². The molecule has 1 N–H and O–H groups in total. The molecule has 0 bridgehead atoms. The quantitative estimate of drug-likeness (QED) is 0.854. The monoisotopic (exact) mass is 341 g/mol. The number of nitrogens with one attached hydrogen (secondary N) is 1. The van der Waals surface area contributed by atoms with Crippen molar-refractivity contribution in [3.05, 3.63) is 23.8 Å². The van der Waals surface area contributed by atoms with Gasteiger partial charge in [-0.15, -0.1) is 0 Å². The first kappa shape index (κ1) is 17.4. The van der Waals surface area contributed by atoms with Gasteiger partial charge in [0.15, 0.2) is 0 Å². The van der Waals surface area contributed by atoms with E-state index in [0.717, 1.165) is 51.3 Å². The minimum atomic E-state index is -2.83. The van der Waals surface area contributed by atoms with Gasteiger partial charge < -0.3 is 14.8 Å². The molecule has 2 aliphatic heterocycles. The number of hydrogen-bond acceptors (Lipinski definition) is 5. The molecule has 0 spiro atoms. The molecule has 1 aromatic rings. The Balaban J connectivity index is 1.63. The third kappa shape index (κ3) is 4.34. The van der Waals surface area contributed by atoms with E-state index in [1.165, 1.54) is 13.2 Å². The molecule has 24 heavy (non-hydrogen) atoms. The van der Waals surface area contributed by atoms with Gasteiger partial charge in [0.1, 0.15) is 11.5 Å². The van der Waals surface area contributed by atoms with E-state index in [1.807, 2.05) is 6.07 Å². The number of ether oxygens (including phenoxy) is 2. The van der Waals surface area contributed by atoms with Crippen molar-refractivity contribution in [1.82, 2.24) is 15.1 Å². The Labute approximate surface area is 141 Å². The van der Waals surface area contributed by atoms with Crippen molar-refractivity contribution in [2.45, 2.75) is 25.6 Å². The van der Waals surface area contributed by atoms with Crippen molar-refractivity contribution in [2.75, 3.05) is 46.4 Å². The van der Waals surface area contributed by atoms with Crippen LogP contribution in [0.15, 0.2) is 18.2 Å². The molecule has 2 aliphatic rings. The smallest absolute Gasteiger partial charge is 0.387 e. The first-order chi connectivity index (χ1) is 11.7. The maximum atomic E-state index is 12.7. The van der Waals surface area contributed by atoms with Crippen LogP contribution in [0.3, 0.4) is 0 Å². The zero-order valence-electron chi connectivity index (χ0n) is 14.0. The molecule has 134 valence electrons. The number of benzene rings is 1. The second-order valence-electron chi connectivity index (χ2n) is 6.32. The van der Waals surface area contributed by atoms with Gasteiger partial charge in [0.2, 0.25) is 0 Å². The molecule has 1 unspecified atom stereocenters. The molecule has 2 fully saturated rings. The second-order valence-corrected chi connectivity index (χ2v) is 6.32.